The number of nitrogens with one attached hydrogen (secondary N) is 1. The minimum absolute atomic E-state index is 0.108. The Morgan fingerprint density at radius 2 is 1.82 bits per heavy atom. The molecule has 0 atom stereocenters. The molecule has 34 heavy (non-hydrogen) atoms. The summed E-state index contributed by atoms with van der Waals surface area (Å²) in [5.74, 6) is 1.61. The zero-order chi connectivity index (χ0) is 24.6. The predicted molar refractivity (Wildman–Crippen MR) is 130 cm³/mol. The number of hydrogen-bond acceptors (Lipinski definition) is 6. The average molecular weight is 506 g/mol. The molecule has 0 saturated carbocycles. The highest BCUT2D eigenvalue weighted by atomic mass is 35.5. The molecule has 3 heterocycles. The summed E-state index contributed by atoms with van der Waals surface area (Å²) in [6.07, 6.45) is 2.09. The van der Waals surface area contributed by atoms with Gasteiger partial charge >= 0.3 is 5.69 Å². The topological polar surface area (TPSA) is 107 Å². The summed E-state index contributed by atoms with van der Waals surface area (Å²) < 4.78 is 13.8. The zero-order valence-corrected chi connectivity index (χ0v) is 20.7. The Balaban J connectivity index is 1.73. The number of imidazole rings is 2. The molecule has 2 N–H and O–H groups in total. The highest BCUT2D eigenvalue weighted by Crippen LogP contribution is 2.34. The number of methoxy groups -OCH3 is 2. The number of halogens is 2. The number of aromatic nitrogens is 5. The molecule has 0 saturated heterocycles. The summed E-state index contributed by atoms with van der Waals surface area (Å²) >= 11 is 12.4. The number of hydrogen-bond donors (Lipinski definition) is 2. The summed E-state index contributed by atoms with van der Waals surface area (Å²) in [6, 6.07) is 6.92. The van der Waals surface area contributed by atoms with Crippen molar-refractivity contribution >= 4 is 34.4 Å². The molecule has 0 aliphatic carbocycles. The quantitative estimate of drug-likeness (QED) is 0.354. The second-order valence-corrected chi connectivity index (χ2v) is 9.39. The van der Waals surface area contributed by atoms with E-state index >= 15 is 0 Å². The van der Waals surface area contributed by atoms with Crippen molar-refractivity contribution in [1.82, 2.24) is 24.1 Å². The van der Waals surface area contributed by atoms with Crippen molar-refractivity contribution in [3.05, 3.63) is 68.2 Å². The normalized spacial score (nSPS) is 11.9. The van der Waals surface area contributed by atoms with Crippen molar-refractivity contribution in [2.24, 2.45) is 0 Å². The molecule has 0 fully saturated rings. The first kappa shape index (κ1) is 24.1. The third-order valence-electron chi connectivity index (χ3n) is 5.28. The molecule has 1 aromatic carbocycles. The molecule has 180 valence electrons. The number of H-pyrrole nitrogens is 1. The first-order valence-corrected chi connectivity index (χ1v) is 11.3. The molecule has 0 bridgehead atoms. The van der Waals surface area contributed by atoms with Crippen molar-refractivity contribution in [3.8, 4) is 11.5 Å². The van der Waals surface area contributed by atoms with Crippen LogP contribution in [0.5, 0.6) is 11.5 Å². The molecule has 0 aliphatic rings. The maximum absolute atomic E-state index is 13.3. The smallest absolute Gasteiger partial charge is 0.328 e. The van der Waals surface area contributed by atoms with Crippen LogP contribution in [0.25, 0.3) is 11.2 Å². The number of pyridine rings is 1. The van der Waals surface area contributed by atoms with Crippen LogP contribution >= 0.6 is 23.2 Å². The summed E-state index contributed by atoms with van der Waals surface area (Å²) in [7, 11) is 3.09. The summed E-state index contributed by atoms with van der Waals surface area (Å²) in [5, 5.41) is 11.3. The first-order chi connectivity index (χ1) is 16.1. The maximum Gasteiger partial charge on any atom is 0.328 e. The van der Waals surface area contributed by atoms with Gasteiger partial charge in [0.15, 0.2) is 17.1 Å². The molecular weight excluding hydrogens is 481 g/mol. The molecule has 11 heteroatoms. The van der Waals surface area contributed by atoms with E-state index in [1.165, 1.54) is 11.7 Å². The number of aromatic amines is 1. The van der Waals surface area contributed by atoms with E-state index in [0.29, 0.717) is 45.3 Å². The lowest BCUT2D eigenvalue weighted by Crippen LogP contribution is -2.34. The monoisotopic (exact) mass is 505 g/mol. The van der Waals surface area contributed by atoms with Crippen molar-refractivity contribution in [2.45, 2.75) is 39.0 Å². The van der Waals surface area contributed by atoms with Gasteiger partial charge in [-0.1, -0.05) is 23.2 Å². The molecule has 0 aliphatic heterocycles. The third-order valence-corrected chi connectivity index (χ3v) is 5.84. The van der Waals surface area contributed by atoms with Gasteiger partial charge < -0.3 is 19.6 Å². The van der Waals surface area contributed by atoms with Gasteiger partial charge in [0, 0.05) is 29.4 Å². The second-order valence-electron chi connectivity index (χ2n) is 8.59. The second kappa shape index (κ2) is 9.32. The Morgan fingerprint density at radius 3 is 2.50 bits per heavy atom. The molecule has 0 spiro atoms. The number of benzene rings is 1. The van der Waals surface area contributed by atoms with Gasteiger partial charge in [0.25, 0.3) is 0 Å². The van der Waals surface area contributed by atoms with Crippen LogP contribution in [0, 0.1) is 0 Å². The van der Waals surface area contributed by atoms with Gasteiger partial charge in [-0.25, -0.2) is 14.8 Å². The highest BCUT2D eigenvalue weighted by Gasteiger charge is 2.22. The summed E-state index contributed by atoms with van der Waals surface area (Å²) in [5.41, 5.74) is 1.25. The van der Waals surface area contributed by atoms with E-state index in [1.807, 2.05) is 0 Å². The fourth-order valence-electron chi connectivity index (χ4n) is 3.78. The van der Waals surface area contributed by atoms with Crippen molar-refractivity contribution in [3.63, 3.8) is 0 Å². The molecule has 9 nitrogen and oxygen atoms in total. The highest BCUT2D eigenvalue weighted by molar-refractivity contribution is 6.31. The van der Waals surface area contributed by atoms with Gasteiger partial charge in [0.05, 0.1) is 38.4 Å². The Bertz CT molecular complexity index is 1400. The van der Waals surface area contributed by atoms with E-state index < -0.39 is 5.60 Å². The van der Waals surface area contributed by atoms with Gasteiger partial charge in [-0.3, -0.25) is 9.13 Å². The van der Waals surface area contributed by atoms with Crippen LogP contribution in [0.3, 0.4) is 0 Å². The molecule has 4 rings (SSSR count). The molecule has 0 unspecified atom stereocenters. The van der Waals surface area contributed by atoms with E-state index in [-0.39, 0.29) is 18.8 Å². The predicted octanol–water partition coefficient (Wildman–Crippen LogP) is 3.66. The van der Waals surface area contributed by atoms with E-state index in [2.05, 4.69) is 15.0 Å². The van der Waals surface area contributed by atoms with E-state index in [0.717, 1.165) is 11.1 Å². The van der Waals surface area contributed by atoms with Gasteiger partial charge in [-0.05, 0) is 37.6 Å². The summed E-state index contributed by atoms with van der Waals surface area (Å²) in [4.78, 5) is 25.1. The average Bonchev–Trinajstić information content (AvgIpc) is 3.29. The van der Waals surface area contributed by atoms with Crippen molar-refractivity contribution < 1.29 is 14.6 Å². The molecule has 4 aromatic rings. The largest absolute Gasteiger partial charge is 0.493 e. The summed E-state index contributed by atoms with van der Waals surface area (Å²) in [6.45, 7) is 3.60. The van der Waals surface area contributed by atoms with Crippen LogP contribution in [0.2, 0.25) is 10.2 Å². The van der Waals surface area contributed by atoms with E-state index in [9.17, 15) is 9.90 Å². The molecular formula is C23H25Cl2N5O4. The van der Waals surface area contributed by atoms with Gasteiger partial charge in [0.2, 0.25) is 0 Å². The van der Waals surface area contributed by atoms with Gasteiger partial charge in [0.1, 0.15) is 11.0 Å². The minimum Gasteiger partial charge on any atom is -0.493 e. The number of aliphatic hydroxyl groups is 1. The van der Waals surface area contributed by atoms with Crippen LogP contribution < -0.4 is 15.2 Å². The maximum atomic E-state index is 13.3. The fourth-order valence-corrected chi connectivity index (χ4v) is 4.14. The SMILES string of the molecule is COc1cc(Cl)c(Cc2cn(Cc3nc4nc(Cl)ccc4[nH]3)c(=O)n2CC(C)(C)O)cc1OC. The molecule has 0 amide bonds. The Labute approximate surface area is 205 Å². The molecule has 0 radical (unpaired) electrons. The van der Waals surface area contributed by atoms with Crippen LogP contribution in [0.4, 0.5) is 0 Å². The minimum atomic E-state index is -1.10. The van der Waals surface area contributed by atoms with Gasteiger partial charge in [-0.2, -0.15) is 0 Å². The number of rotatable bonds is 8. The fraction of sp³-hybridized carbons (Fsp3) is 0.348. The first-order valence-electron chi connectivity index (χ1n) is 10.5. The lowest BCUT2D eigenvalue weighted by atomic mass is 10.1. The van der Waals surface area contributed by atoms with E-state index in [1.54, 1.807) is 56.0 Å². The Kier molecular flexibility index (Phi) is 6.62. The molecule has 3 aromatic heterocycles. The number of fused-ring (bicyclic) bond motifs is 1. The van der Waals surface area contributed by atoms with Crippen LogP contribution in [-0.2, 0) is 19.5 Å². The van der Waals surface area contributed by atoms with Gasteiger partial charge in [-0.15, -0.1) is 0 Å². The zero-order valence-electron chi connectivity index (χ0n) is 19.2. The van der Waals surface area contributed by atoms with Crippen molar-refractivity contribution in [1.29, 1.82) is 0 Å². The lowest BCUT2D eigenvalue weighted by molar-refractivity contribution is 0.0596. The van der Waals surface area contributed by atoms with Crippen LogP contribution in [0.15, 0.2) is 35.3 Å². The van der Waals surface area contributed by atoms with E-state index in [4.69, 9.17) is 32.7 Å². The Morgan fingerprint density at radius 1 is 1.12 bits per heavy atom. The lowest BCUT2D eigenvalue weighted by Gasteiger charge is -2.19. The Hall–Kier alpha value is -3.01. The number of ether oxygens (including phenoxy) is 2. The van der Waals surface area contributed by atoms with Crippen LogP contribution in [-0.4, -0.2) is 49.0 Å². The third kappa shape index (κ3) is 5.06. The number of nitrogens with zero attached hydrogens (tertiary/aromatic N) is 4. The van der Waals surface area contributed by atoms with Crippen molar-refractivity contribution in [2.75, 3.05) is 14.2 Å². The van der Waals surface area contributed by atoms with Crippen LogP contribution in [0.1, 0.15) is 30.9 Å². The standard InChI is InChI=1S/C23H25Cl2N5O4/c1-23(2,32)12-30-14(7-13-8-17(33-3)18(34-4)9-15(13)24)10-29(22(30)31)11-20-26-16-5-6-19(25)27-21(16)28-20/h5-6,8-10,32H,7,11-12H2,1-4H3,(H,26,27,28).